The van der Waals surface area contributed by atoms with Crippen LogP contribution in [0.5, 0.6) is 0 Å². The van der Waals surface area contributed by atoms with Gasteiger partial charge in [0.15, 0.2) is 0 Å². The molecule has 3 heteroatoms. The summed E-state index contributed by atoms with van der Waals surface area (Å²) in [6.07, 6.45) is 10.6. The minimum absolute atomic E-state index is 0.225. The first-order valence-corrected chi connectivity index (χ1v) is 8.77. The monoisotopic (exact) mass is 331 g/mol. The summed E-state index contributed by atoms with van der Waals surface area (Å²) in [4.78, 5) is 1.36. The quantitative estimate of drug-likeness (QED) is 0.555. The Balaban J connectivity index is 2.14. The van der Waals surface area contributed by atoms with Crippen LogP contribution in [0.4, 0.5) is 0 Å². The molecule has 2 N–H and O–H groups in total. The Labute approximate surface area is 124 Å². The number of nitrogens with two attached hydrogens (primary N) is 1. The zero-order valence-corrected chi connectivity index (χ0v) is 14.1. The molecule has 0 saturated heterocycles. The fourth-order valence-corrected chi connectivity index (χ4v) is 4.09. The number of hydrogen-bond acceptors (Lipinski definition) is 2. The van der Waals surface area contributed by atoms with E-state index in [-0.39, 0.29) is 6.04 Å². The summed E-state index contributed by atoms with van der Waals surface area (Å²) in [5.41, 5.74) is 7.59. The molecule has 0 aliphatic carbocycles. The molecular weight excluding hydrogens is 306 g/mol. The Hall–Kier alpha value is 0.140. The van der Waals surface area contributed by atoms with E-state index in [1.807, 2.05) is 0 Å². The highest BCUT2D eigenvalue weighted by Gasteiger charge is 2.11. The first-order chi connectivity index (χ1) is 8.65. The van der Waals surface area contributed by atoms with Crippen molar-refractivity contribution in [3.63, 3.8) is 0 Å². The van der Waals surface area contributed by atoms with E-state index in [4.69, 9.17) is 5.73 Å². The third-order valence-corrected chi connectivity index (χ3v) is 5.01. The highest BCUT2D eigenvalue weighted by Crippen LogP contribution is 2.31. The SMILES string of the molecule is CCCCCCCCCC(N)c1cc(Br)sc1C. The lowest BCUT2D eigenvalue weighted by molar-refractivity contribution is 0.541. The Bertz CT molecular complexity index is 335. The predicted molar refractivity (Wildman–Crippen MR) is 86.3 cm³/mol. The van der Waals surface area contributed by atoms with Gasteiger partial charge >= 0.3 is 0 Å². The van der Waals surface area contributed by atoms with Gasteiger partial charge in [0.25, 0.3) is 0 Å². The minimum Gasteiger partial charge on any atom is -0.324 e. The molecule has 18 heavy (non-hydrogen) atoms. The molecule has 0 aliphatic rings. The van der Waals surface area contributed by atoms with Crippen molar-refractivity contribution in [3.05, 3.63) is 20.3 Å². The van der Waals surface area contributed by atoms with Crippen LogP contribution < -0.4 is 5.73 Å². The summed E-state index contributed by atoms with van der Waals surface area (Å²) in [6, 6.07) is 2.41. The molecule has 1 nitrogen and oxygen atoms in total. The van der Waals surface area contributed by atoms with Crippen molar-refractivity contribution >= 4 is 27.3 Å². The van der Waals surface area contributed by atoms with E-state index < -0.39 is 0 Å². The van der Waals surface area contributed by atoms with Crippen LogP contribution in [-0.4, -0.2) is 0 Å². The first-order valence-electron chi connectivity index (χ1n) is 7.16. The van der Waals surface area contributed by atoms with Crippen LogP contribution in [0.15, 0.2) is 9.85 Å². The maximum atomic E-state index is 6.26. The predicted octanol–water partition coefficient (Wildman–Crippen LogP) is 5.96. The number of halogens is 1. The number of hydrogen-bond donors (Lipinski definition) is 1. The van der Waals surface area contributed by atoms with Gasteiger partial charge < -0.3 is 5.73 Å². The van der Waals surface area contributed by atoms with Crippen LogP contribution in [-0.2, 0) is 0 Å². The van der Waals surface area contributed by atoms with Gasteiger partial charge in [-0.25, -0.2) is 0 Å². The number of rotatable bonds is 9. The minimum atomic E-state index is 0.225. The highest BCUT2D eigenvalue weighted by atomic mass is 79.9. The second-order valence-corrected chi connectivity index (χ2v) is 7.71. The molecule has 104 valence electrons. The first kappa shape index (κ1) is 16.2. The molecule has 1 rings (SSSR count). The lowest BCUT2D eigenvalue weighted by Crippen LogP contribution is -2.10. The van der Waals surface area contributed by atoms with E-state index >= 15 is 0 Å². The molecule has 0 aliphatic heterocycles. The fraction of sp³-hybridized carbons (Fsp3) is 0.733. The van der Waals surface area contributed by atoms with Crippen LogP contribution in [0.1, 0.15) is 74.8 Å². The van der Waals surface area contributed by atoms with Crippen LogP contribution in [0.25, 0.3) is 0 Å². The molecule has 1 unspecified atom stereocenters. The van der Waals surface area contributed by atoms with Crippen LogP contribution in [0.3, 0.4) is 0 Å². The van der Waals surface area contributed by atoms with E-state index in [1.165, 1.54) is 59.2 Å². The molecule has 1 atom stereocenters. The van der Waals surface area contributed by atoms with Crippen molar-refractivity contribution in [1.29, 1.82) is 0 Å². The second-order valence-electron chi connectivity index (χ2n) is 5.08. The Morgan fingerprint density at radius 2 is 1.78 bits per heavy atom. The number of thiophene rings is 1. The van der Waals surface area contributed by atoms with E-state index in [0.29, 0.717) is 0 Å². The third kappa shape index (κ3) is 5.85. The summed E-state index contributed by atoms with van der Waals surface area (Å²) < 4.78 is 1.20. The highest BCUT2D eigenvalue weighted by molar-refractivity contribution is 9.11. The fourth-order valence-electron chi connectivity index (χ4n) is 2.30. The van der Waals surface area contributed by atoms with E-state index in [0.717, 1.165) is 6.42 Å². The lowest BCUT2D eigenvalue weighted by atomic mass is 10.0. The van der Waals surface area contributed by atoms with Gasteiger partial charge in [0.1, 0.15) is 0 Å². The molecule has 0 fully saturated rings. The van der Waals surface area contributed by atoms with Crippen molar-refractivity contribution < 1.29 is 0 Å². The summed E-state index contributed by atoms with van der Waals surface area (Å²) in [6.45, 7) is 4.43. The van der Waals surface area contributed by atoms with E-state index in [2.05, 4.69) is 35.8 Å². The van der Waals surface area contributed by atoms with Crippen molar-refractivity contribution in [1.82, 2.24) is 0 Å². The molecule has 1 aromatic heterocycles. The summed E-state index contributed by atoms with van der Waals surface area (Å²) in [5.74, 6) is 0. The molecule has 1 aromatic rings. The Kier molecular flexibility index (Phi) is 8.20. The smallest absolute Gasteiger partial charge is 0.0704 e. The average Bonchev–Trinajstić information content (AvgIpc) is 2.67. The van der Waals surface area contributed by atoms with Gasteiger partial charge in [0.05, 0.1) is 3.79 Å². The van der Waals surface area contributed by atoms with Crippen molar-refractivity contribution in [2.75, 3.05) is 0 Å². The second kappa shape index (κ2) is 9.11. The molecule has 0 aromatic carbocycles. The normalized spacial score (nSPS) is 12.9. The molecule has 0 bridgehead atoms. The molecule has 0 radical (unpaired) electrons. The molecule has 0 amide bonds. The van der Waals surface area contributed by atoms with Crippen molar-refractivity contribution in [2.45, 2.75) is 71.3 Å². The largest absolute Gasteiger partial charge is 0.324 e. The van der Waals surface area contributed by atoms with Gasteiger partial charge in [-0.3, -0.25) is 0 Å². The zero-order valence-electron chi connectivity index (χ0n) is 11.7. The molecule has 1 heterocycles. The topological polar surface area (TPSA) is 26.0 Å². The van der Waals surface area contributed by atoms with Gasteiger partial charge in [0, 0.05) is 10.9 Å². The standard InChI is InChI=1S/C15H26BrNS/c1-3-4-5-6-7-8-9-10-14(17)13-11-15(16)18-12(13)2/h11,14H,3-10,17H2,1-2H3. The van der Waals surface area contributed by atoms with Crippen LogP contribution in [0, 0.1) is 6.92 Å². The number of unbranched alkanes of at least 4 members (excludes halogenated alkanes) is 6. The van der Waals surface area contributed by atoms with Crippen LogP contribution in [0.2, 0.25) is 0 Å². The van der Waals surface area contributed by atoms with Gasteiger partial charge in [-0.2, -0.15) is 0 Å². The summed E-state index contributed by atoms with van der Waals surface area (Å²) >= 11 is 5.32. The van der Waals surface area contributed by atoms with E-state index in [1.54, 1.807) is 11.3 Å². The number of aryl methyl sites for hydroxylation is 1. The van der Waals surface area contributed by atoms with Gasteiger partial charge in [-0.05, 0) is 40.9 Å². The van der Waals surface area contributed by atoms with Gasteiger partial charge in [-0.15, -0.1) is 11.3 Å². The van der Waals surface area contributed by atoms with Crippen LogP contribution >= 0.6 is 27.3 Å². The van der Waals surface area contributed by atoms with Gasteiger partial charge in [0.2, 0.25) is 0 Å². The zero-order chi connectivity index (χ0) is 13.4. The molecule has 0 saturated carbocycles. The Morgan fingerprint density at radius 1 is 1.17 bits per heavy atom. The molecular formula is C15H26BrNS. The maximum absolute atomic E-state index is 6.26. The van der Waals surface area contributed by atoms with Crippen molar-refractivity contribution in [3.8, 4) is 0 Å². The maximum Gasteiger partial charge on any atom is 0.0704 e. The Morgan fingerprint density at radius 3 is 2.33 bits per heavy atom. The van der Waals surface area contributed by atoms with E-state index in [9.17, 15) is 0 Å². The average molecular weight is 332 g/mol. The van der Waals surface area contributed by atoms with Gasteiger partial charge in [-0.1, -0.05) is 51.9 Å². The van der Waals surface area contributed by atoms with Crippen molar-refractivity contribution in [2.24, 2.45) is 5.73 Å². The lowest BCUT2D eigenvalue weighted by Gasteiger charge is -2.11. The summed E-state index contributed by atoms with van der Waals surface area (Å²) in [5, 5.41) is 0. The molecule has 0 spiro atoms. The third-order valence-electron chi connectivity index (χ3n) is 3.44. The summed E-state index contributed by atoms with van der Waals surface area (Å²) in [7, 11) is 0.